The fraction of sp³-hybridized carbons (Fsp3) is 0.316. The van der Waals surface area contributed by atoms with Gasteiger partial charge in [-0.3, -0.25) is 0 Å². The normalized spacial score (nSPS) is 15.1. The molecule has 0 spiro atoms. The van der Waals surface area contributed by atoms with E-state index in [1.54, 1.807) is 18.4 Å². The third-order valence-corrected chi connectivity index (χ3v) is 5.51. The van der Waals surface area contributed by atoms with Crippen molar-refractivity contribution in [3.8, 4) is 11.4 Å². The second-order valence-corrected chi connectivity index (χ2v) is 7.29. The number of benzene rings is 1. The summed E-state index contributed by atoms with van der Waals surface area (Å²) in [7, 11) is 1.66. The Bertz CT molecular complexity index is 912. The van der Waals surface area contributed by atoms with Gasteiger partial charge in [-0.15, -0.1) is 11.3 Å². The zero-order valence-electron chi connectivity index (χ0n) is 15.7. The molecule has 146 valence electrons. The second-order valence-electron chi connectivity index (χ2n) is 6.41. The zero-order valence-corrected chi connectivity index (χ0v) is 16.5. The van der Waals surface area contributed by atoms with Crippen LogP contribution in [0.5, 0.6) is 5.75 Å². The number of thiazole rings is 1. The number of hydrogen-bond acceptors (Lipinski definition) is 6. The summed E-state index contributed by atoms with van der Waals surface area (Å²) in [5.74, 6) is 1.39. The summed E-state index contributed by atoms with van der Waals surface area (Å²) in [5, 5.41) is 7.65. The van der Waals surface area contributed by atoms with Crippen molar-refractivity contribution in [3.05, 3.63) is 53.8 Å². The third-order valence-electron chi connectivity index (χ3n) is 4.68. The van der Waals surface area contributed by atoms with Gasteiger partial charge in [0.1, 0.15) is 5.75 Å². The van der Waals surface area contributed by atoms with Crippen molar-refractivity contribution in [3.63, 3.8) is 0 Å². The molecule has 0 radical (unpaired) electrons. The van der Waals surface area contributed by atoms with E-state index >= 15 is 0 Å². The van der Waals surface area contributed by atoms with E-state index in [-0.39, 0.29) is 0 Å². The molecule has 0 saturated carbocycles. The largest absolute Gasteiger partial charge is 0.497 e. The molecule has 3 heterocycles. The van der Waals surface area contributed by atoms with Crippen molar-refractivity contribution in [1.29, 1.82) is 0 Å². The third kappa shape index (κ3) is 4.09. The fourth-order valence-corrected chi connectivity index (χ4v) is 3.78. The average Bonchev–Trinajstić information content (AvgIpc) is 3.44. The SMILES string of the molecule is COc1ccc(-n2ccc(CN=C(N)N3CCN(c4nccs4)CC3)n2)cc1. The molecule has 1 fully saturated rings. The van der Waals surface area contributed by atoms with Crippen LogP contribution in [0.2, 0.25) is 0 Å². The minimum Gasteiger partial charge on any atom is -0.497 e. The molecule has 0 amide bonds. The Labute approximate surface area is 167 Å². The molecule has 4 rings (SSSR count). The number of guanidine groups is 1. The highest BCUT2D eigenvalue weighted by atomic mass is 32.1. The summed E-state index contributed by atoms with van der Waals surface area (Å²) in [4.78, 5) is 13.3. The first-order valence-corrected chi connectivity index (χ1v) is 9.99. The Morgan fingerprint density at radius 3 is 2.64 bits per heavy atom. The summed E-state index contributed by atoms with van der Waals surface area (Å²) in [6.07, 6.45) is 3.77. The number of nitrogens with two attached hydrogens (primary N) is 1. The number of aromatic nitrogens is 3. The summed E-state index contributed by atoms with van der Waals surface area (Å²) >= 11 is 1.67. The lowest BCUT2D eigenvalue weighted by atomic mass is 10.3. The number of piperazine rings is 1. The number of hydrogen-bond donors (Lipinski definition) is 1. The first kappa shape index (κ1) is 18.3. The van der Waals surface area contributed by atoms with Crippen LogP contribution >= 0.6 is 11.3 Å². The van der Waals surface area contributed by atoms with Gasteiger partial charge >= 0.3 is 0 Å². The van der Waals surface area contributed by atoms with Gasteiger partial charge in [-0.05, 0) is 30.3 Å². The summed E-state index contributed by atoms with van der Waals surface area (Å²) in [5.41, 5.74) is 8.06. The minimum atomic E-state index is 0.460. The van der Waals surface area contributed by atoms with Crippen molar-refractivity contribution >= 4 is 22.4 Å². The molecule has 8 nitrogen and oxygen atoms in total. The molecular weight excluding hydrogens is 374 g/mol. The molecule has 9 heteroatoms. The molecule has 0 atom stereocenters. The summed E-state index contributed by atoms with van der Waals surface area (Å²) in [6.45, 7) is 3.94. The van der Waals surface area contributed by atoms with E-state index in [2.05, 4.69) is 24.9 Å². The van der Waals surface area contributed by atoms with Gasteiger partial charge < -0.3 is 20.3 Å². The number of nitrogens with zero attached hydrogens (tertiary/aromatic N) is 6. The molecule has 1 aromatic carbocycles. The highest BCUT2D eigenvalue weighted by molar-refractivity contribution is 7.13. The molecule has 3 aromatic rings. The van der Waals surface area contributed by atoms with Crippen LogP contribution in [-0.2, 0) is 6.54 Å². The number of methoxy groups -OCH3 is 1. The highest BCUT2D eigenvalue weighted by Gasteiger charge is 2.19. The maximum absolute atomic E-state index is 6.21. The molecule has 2 N–H and O–H groups in total. The van der Waals surface area contributed by atoms with Crippen LogP contribution in [0.4, 0.5) is 5.13 Å². The smallest absolute Gasteiger partial charge is 0.191 e. The monoisotopic (exact) mass is 397 g/mol. The lowest BCUT2D eigenvalue weighted by Crippen LogP contribution is -2.51. The highest BCUT2D eigenvalue weighted by Crippen LogP contribution is 2.19. The van der Waals surface area contributed by atoms with E-state index in [4.69, 9.17) is 10.5 Å². The predicted molar refractivity (Wildman–Crippen MR) is 111 cm³/mol. The molecule has 0 unspecified atom stereocenters. The average molecular weight is 398 g/mol. The van der Waals surface area contributed by atoms with Crippen LogP contribution in [-0.4, -0.2) is 58.9 Å². The predicted octanol–water partition coefficient (Wildman–Crippen LogP) is 1.97. The number of aliphatic imine (C=N–C) groups is 1. The molecule has 0 aliphatic carbocycles. The van der Waals surface area contributed by atoms with Crippen LogP contribution < -0.4 is 15.4 Å². The van der Waals surface area contributed by atoms with Crippen LogP contribution in [0, 0.1) is 0 Å². The Morgan fingerprint density at radius 2 is 1.96 bits per heavy atom. The van der Waals surface area contributed by atoms with Gasteiger partial charge in [0, 0.05) is 44.0 Å². The van der Waals surface area contributed by atoms with Gasteiger partial charge in [0.25, 0.3) is 0 Å². The Hall–Kier alpha value is -3.07. The molecule has 2 aromatic heterocycles. The van der Waals surface area contributed by atoms with Gasteiger partial charge in [0.2, 0.25) is 0 Å². The second kappa shape index (κ2) is 8.30. The fourth-order valence-electron chi connectivity index (χ4n) is 3.09. The van der Waals surface area contributed by atoms with Crippen LogP contribution in [0.25, 0.3) is 5.69 Å². The van der Waals surface area contributed by atoms with Crippen molar-refractivity contribution in [2.24, 2.45) is 10.7 Å². The Balaban J connectivity index is 1.33. The lowest BCUT2D eigenvalue weighted by molar-refractivity contribution is 0.380. The quantitative estimate of drug-likeness (QED) is 0.523. The van der Waals surface area contributed by atoms with Crippen molar-refractivity contribution in [2.75, 3.05) is 38.2 Å². The van der Waals surface area contributed by atoms with E-state index in [1.165, 1.54) is 0 Å². The number of anilines is 1. The Kier molecular flexibility index (Phi) is 5.43. The van der Waals surface area contributed by atoms with E-state index in [0.717, 1.165) is 48.4 Å². The van der Waals surface area contributed by atoms with Crippen LogP contribution in [0.15, 0.2) is 53.1 Å². The summed E-state index contributed by atoms with van der Waals surface area (Å²) < 4.78 is 7.02. The molecule has 0 bridgehead atoms. The van der Waals surface area contributed by atoms with Crippen molar-refractivity contribution in [2.45, 2.75) is 6.54 Å². The molecular formula is C19H23N7OS. The molecule has 28 heavy (non-hydrogen) atoms. The maximum atomic E-state index is 6.21. The van der Waals surface area contributed by atoms with E-state index in [1.807, 2.05) is 52.8 Å². The van der Waals surface area contributed by atoms with Gasteiger partial charge in [-0.2, -0.15) is 5.10 Å². The van der Waals surface area contributed by atoms with E-state index < -0.39 is 0 Å². The topological polar surface area (TPSA) is 84.8 Å². The molecule has 1 saturated heterocycles. The number of ether oxygens (including phenoxy) is 1. The minimum absolute atomic E-state index is 0.460. The summed E-state index contributed by atoms with van der Waals surface area (Å²) in [6, 6.07) is 9.72. The van der Waals surface area contributed by atoms with Crippen molar-refractivity contribution in [1.82, 2.24) is 19.7 Å². The van der Waals surface area contributed by atoms with Crippen molar-refractivity contribution < 1.29 is 4.74 Å². The molecule has 1 aliphatic rings. The maximum Gasteiger partial charge on any atom is 0.191 e. The van der Waals surface area contributed by atoms with Gasteiger partial charge in [-0.25, -0.2) is 14.7 Å². The molecule has 1 aliphatic heterocycles. The number of rotatable bonds is 5. The van der Waals surface area contributed by atoms with E-state index in [0.29, 0.717) is 12.5 Å². The van der Waals surface area contributed by atoms with Crippen LogP contribution in [0.1, 0.15) is 5.69 Å². The lowest BCUT2D eigenvalue weighted by Gasteiger charge is -2.35. The Morgan fingerprint density at radius 1 is 1.18 bits per heavy atom. The van der Waals surface area contributed by atoms with Gasteiger partial charge in [0.05, 0.1) is 25.0 Å². The zero-order chi connectivity index (χ0) is 19.3. The first-order valence-electron chi connectivity index (χ1n) is 9.11. The van der Waals surface area contributed by atoms with Gasteiger partial charge in [0.15, 0.2) is 11.1 Å². The van der Waals surface area contributed by atoms with Gasteiger partial charge in [-0.1, -0.05) is 0 Å². The standard InChI is InChI=1S/C19H23N7OS/c1-27-17-4-2-16(3-5-17)26-8-6-15(23-26)14-22-18(20)24-9-11-25(12-10-24)19-21-7-13-28-19/h2-8,13H,9-12,14H2,1H3,(H2,20,22). The first-order chi connectivity index (χ1) is 13.7. The van der Waals surface area contributed by atoms with Crippen LogP contribution in [0.3, 0.4) is 0 Å². The van der Waals surface area contributed by atoms with E-state index in [9.17, 15) is 0 Å².